The maximum atomic E-state index is 13.5. The van der Waals surface area contributed by atoms with E-state index in [1.165, 1.54) is 22.3 Å². The molecule has 2 aromatic heterocycles. The van der Waals surface area contributed by atoms with Crippen LogP contribution in [0.2, 0.25) is 0 Å². The molecule has 0 amide bonds. The van der Waals surface area contributed by atoms with Crippen LogP contribution in [0.1, 0.15) is 31.9 Å². The van der Waals surface area contributed by atoms with Crippen LogP contribution in [0.3, 0.4) is 0 Å². The zero-order valence-electron chi connectivity index (χ0n) is 17.9. The smallest absolute Gasteiger partial charge is 0.263 e. The monoisotopic (exact) mass is 424 g/mol. The summed E-state index contributed by atoms with van der Waals surface area (Å²) in [6, 6.07) is 23.0. The molecule has 0 aliphatic carbocycles. The van der Waals surface area contributed by atoms with Gasteiger partial charge in [0.05, 0.1) is 18.3 Å². The molecule has 3 nitrogen and oxygen atoms in total. The first-order valence-corrected chi connectivity index (χ1v) is 11.3. The highest BCUT2D eigenvalue weighted by Gasteiger charge is 2.16. The van der Waals surface area contributed by atoms with Gasteiger partial charge in [0.25, 0.3) is 5.56 Å². The zero-order valence-corrected chi connectivity index (χ0v) is 18.7. The van der Waals surface area contributed by atoms with Crippen molar-refractivity contribution in [1.82, 2.24) is 9.55 Å². The summed E-state index contributed by atoms with van der Waals surface area (Å²) in [5.74, 6) is 0. The molecule has 5 rings (SSSR count). The normalized spacial score (nSPS) is 12.0. The molecule has 0 unspecified atom stereocenters. The van der Waals surface area contributed by atoms with E-state index in [0.717, 1.165) is 26.9 Å². The third-order valence-electron chi connectivity index (χ3n) is 5.81. The minimum absolute atomic E-state index is 0.00841. The third-order valence-corrected chi connectivity index (χ3v) is 6.70. The Morgan fingerprint density at radius 1 is 0.903 bits per heavy atom. The second-order valence-corrected chi connectivity index (χ2v) is 9.84. The molecule has 0 saturated carbocycles. The molecule has 0 aliphatic rings. The molecule has 0 spiro atoms. The maximum absolute atomic E-state index is 13.5. The SMILES string of the molecule is CC(C)(C)c1ccc(Cn2cnc3scc(-c4cccc5ccccc45)c3c2=O)cc1. The molecule has 4 heteroatoms. The first-order valence-electron chi connectivity index (χ1n) is 10.5. The van der Waals surface area contributed by atoms with Gasteiger partial charge in [-0.2, -0.15) is 0 Å². The molecule has 2 heterocycles. The predicted octanol–water partition coefficient (Wildman–Crippen LogP) is 6.62. The lowest BCUT2D eigenvalue weighted by Crippen LogP contribution is -2.21. The van der Waals surface area contributed by atoms with Crippen LogP contribution in [-0.2, 0) is 12.0 Å². The van der Waals surface area contributed by atoms with E-state index < -0.39 is 0 Å². The summed E-state index contributed by atoms with van der Waals surface area (Å²) in [6.45, 7) is 7.12. The van der Waals surface area contributed by atoms with Crippen LogP contribution in [0.25, 0.3) is 32.1 Å². The van der Waals surface area contributed by atoms with E-state index in [2.05, 4.69) is 79.7 Å². The topological polar surface area (TPSA) is 34.9 Å². The van der Waals surface area contributed by atoms with Gasteiger partial charge in [-0.25, -0.2) is 4.98 Å². The molecule has 0 radical (unpaired) electrons. The first-order chi connectivity index (χ1) is 14.9. The summed E-state index contributed by atoms with van der Waals surface area (Å²) >= 11 is 1.53. The van der Waals surface area contributed by atoms with Gasteiger partial charge in [-0.15, -0.1) is 11.3 Å². The Morgan fingerprint density at radius 3 is 2.42 bits per heavy atom. The van der Waals surface area contributed by atoms with Crippen molar-refractivity contribution in [3.63, 3.8) is 0 Å². The average Bonchev–Trinajstić information content (AvgIpc) is 3.20. The van der Waals surface area contributed by atoms with Crippen molar-refractivity contribution in [2.45, 2.75) is 32.7 Å². The Labute approximate surface area is 185 Å². The van der Waals surface area contributed by atoms with Gasteiger partial charge in [-0.05, 0) is 32.9 Å². The van der Waals surface area contributed by atoms with Crippen LogP contribution in [0, 0.1) is 0 Å². The van der Waals surface area contributed by atoms with Gasteiger partial charge >= 0.3 is 0 Å². The molecule has 154 valence electrons. The van der Waals surface area contributed by atoms with E-state index in [9.17, 15) is 4.79 Å². The average molecular weight is 425 g/mol. The van der Waals surface area contributed by atoms with Crippen molar-refractivity contribution in [3.05, 3.63) is 99.9 Å². The van der Waals surface area contributed by atoms with Gasteiger partial charge in [-0.3, -0.25) is 9.36 Å². The Kier molecular flexibility index (Phi) is 4.75. The molecular formula is C27H24N2OS. The summed E-state index contributed by atoms with van der Waals surface area (Å²) in [5.41, 5.74) is 4.54. The minimum atomic E-state index is 0.00841. The molecule has 3 aromatic carbocycles. The largest absolute Gasteiger partial charge is 0.294 e. The van der Waals surface area contributed by atoms with Crippen LogP contribution in [0.15, 0.2) is 83.2 Å². The molecule has 0 fully saturated rings. The summed E-state index contributed by atoms with van der Waals surface area (Å²) in [4.78, 5) is 18.9. The Balaban J connectivity index is 1.60. The van der Waals surface area contributed by atoms with E-state index in [1.807, 2.05) is 18.2 Å². The molecule has 31 heavy (non-hydrogen) atoms. The number of fused-ring (bicyclic) bond motifs is 2. The summed E-state index contributed by atoms with van der Waals surface area (Å²) in [6.07, 6.45) is 1.67. The number of thiophene rings is 1. The zero-order chi connectivity index (χ0) is 21.6. The van der Waals surface area contributed by atoms with Crippen molar-refractivity contribution in [3.8, 4) is 11.1 Å². The van der Waals surface area contributed by atoms with Gasteiger partial charge < -0.3 is 0 Å². The number of benzene rings is 3. The Morgan fingerprint density at radius 2 is 1.65 bits per heavy atom. The fourth-order valence-corrected chi connectivity index (χ4v) is 4.94. The highest BCUT2D eigenvalue weighted by atomic mass is 32.1. The first kappa shape index (κ1) is 19.7. The Hall–Kier alpha value is -3.24. The molecule has 0 bridgehead atoms. The lowest BCUT2D eigenvalue weighted by Gasteiger charge is -2.19. The summed E-state index contributed by atoms with van der Waals surface area (Å²) < 4.78 is 1.72. The third kappa shape index (κ3) is 3.57. The summed E-state index contributed by atoms with van der Waals surface area (Å²) in [5, 5.41) is 5.08. The van der Waals surface area contributed by atoms with E-state index in [4.69, 9.17) is 0 Å². The highest BCUT2D eigenvalue weighted by Crippen LogP contribution is 2.35. The van der Waals surface area contributed by atoms with Crippen molar-refractivity contribution < 1.29 is 0 Å². The number of hydrogen-bond donors (Lipinski definition) is 0. The standard InChI is InChI=1S/C27H24N2OS/c1-27(2,3)20-13-11-18(12-14-20)15-29-17-28-25-24(26(29)30)23(16-31-25)22-10-6-8-19-7-4-5-9-21(19)22/h4-14,16-17H,15H2,1-3H3. The molecule has 0 aliphatic heterocycles. The van der Waals surface area contributed by atoms with Crippen LogP contribution in [0.5, 0.6) is 0 Å². The van der Waals surface area contributed by atoms with E-state index in [0.29, 0.717) is 11.9 Å². The number of rotatable bonds is 3. The highest BCUT2D eigenvalue weighted by molar-refractivity contribution is 7.17. The van der Waals surface area contributed by atoms with Gasteiger partial charge in [-0.1, -0.05) is 87.5 Å². The van der Waals surface area contributed by atoms with Gasteiger partial charge in [0.2, 0.25) is 0 Å². The Bertz CT molecular complexity index is 1450. The molecule has 5 aromatic rings. The molecule has 0 saturated heterocycles. The minimum Gasteiger partial charge on any atom is -0.294 e. The lowest BCUT2D eigenvalue weighted by molar-refractivity contribution is 0.589. The van der Waals surface area contributed by atoms with Crippen molar-refractivity contribution >= 4 is 32.3 Å². The van der Waals surface area contributed by atoms with Crippen LogP contribution < -0.4 is 5.56 Å². The predicted molar refractivity (Wildman–Crippen MR) is 131 cm³/mol. The van der Waals surface area contributed by atoms with E-state index >= 15 is 0 Å². The van der Waals surface area contributed by atoms with Gasteiger partial charge in [0.1, 0.15) is 4.83 Å². The number of aromatic nitrogens is 2. The lowest BCUT2D eigenvalue weighted by atomic mass is 9.87. The van der Waals surface area contributed by atoms with Crippen LogP contribution >= 0.6 is 11.3 Å². The quantitative estimate of drug-likeness (QED) is 0.326. The van der Waals surface area contributed by atoms with E-state index in [1.54, 1.807) is 10.9 Å². The number of hydrogen-bond acceptors (Lipinski definition) is 3. The van der Waals surface area contributed by atoms with E-state index in [-0.39, 0.29) is 11.0 Å². The van der Waals surface area contributed by atoms with Crippen LogP contribution in [-0.4, -0.2) is 9.55 Å². The fourth-order valence-electron chi connectivity index (χ4n) is 4.05. The maximum Gasteiger partial charge on any atom is 0.263 e. The van der Waals surface area contributed by atoms with Crippen molar-refractivity contribution in [2.75, 3.05) is 0 Å². The van der Waals surface area contributed by atoms with Crippen molar-refractivity contribution in [1.29, 1.82) is 0 Å². The van der Waals surface area contributed by atoms with Gasteiger partial charge in [0.15, 0.2) is 0 Å². The fraction of sp³-hybridized carbons (Fsp3) is 0.185. The molecule has 0 atom stereocenters. The molecular weight excluding hydrogens is 400 g/mol. The van der Waals surface area contributed by atoms with Crippen molar-refractivity contribution in [2.24, 2.45) is 0 Å². The second-order valence-electron chi connectivity index (χ2n) is 8.98. The summed E-state index contributed by atoms with van der Waals surface area (Å²) in [7, 11) is 0. The number of nitrogens with zero attached hydrogens (tertiary/aromatic N) is 2. The van der Waals surface area contributed by atoms with Gasteiger partial charge in [0, 0.05) is 10.9 Å². The second kappa shape index (κ2) is 7.47. The molecule has 0 N–H and O–H groups in total. The van der Waals surface area contributed by atoms with Crippen LogP contribution in [0.4, 0.5) is 0 Å².